The third-order valence-electron chi connectivity index (χ3n) is 0.940. The van der Waals surface area contributed by atoms with Crippen molar-refractivity contribution in [3.8, 4) is 0 Å². The van der Waals surface area contributed by atoms with Crippen molar-refractivity contribution in [1.82, 2.24) is 0 Å². The number of hydrogen-bond acceptors (Lipinski definition) is 2. The van der Waals surface area contributed by atoms with Gasteiger partial charge in [0.05, 0.1) is 7.11 Å². The zero-order chi connectivity index (χ0) is 8.57. The molecule has 0 unspecified atom stereocenters. The Hall–Kier alpha value is -0.790. The average Bonchev–Trinajstić information content (AvgIpc) is 2.05. The Labute approximate surface area is 62.9 Å². The molecule has 0 aliphatic carbocycles. The molecule has 10 heavy (non-hydrogen) atoms. The van der Waals surface area contributed by atoms with Gasteiger partial charge in [-0.1, -0.05) is 19.9 Å². The Morgan fingerprint density at radius 1 is 1.40 bits per heavy atom. The van der Waals surface area contributed by atoms with Gasteiger partial charge in [0.2, 0.25) is 0 Å². The first kappa shape index (κ1) is 11.9. The monoisotopic (exact) mass is 144 g/mol. The highest BCUT2D eigenvalue weighted by atomic mass is 16.5. The van der Waals surface area contributed by atoms with Crippen molar-refractivity contribution in [2.75, 3.05) is 7.11 Å². The summed E-state index contributed by atoms with van der Waals surface area (Å²) in [5.74, 6) is -0.257. The summed E-state index contributed by atoms with van der Waals surface area (Å²) in [6, 6.07) is 0. The third kappa shape index (κ3) is 5.35. The Morgan fingerprint density at radius 3 is 1.90 bits per heavy atom. The molecule has 0 rings (SSSR count). The van der Waals surface area contributed by atoms with Crippen LogP contribution >= 0.6 is 0 Å². The molecule has 0 aliphatic heterocycles. The van der Waals surface area contributed by atoms with Gasteiger partial charge >= 0.3 is 5.97 Å². The van der Waals surface area contributed by atoms with E-state index in [1.54, 1.807) is 19.9 Å². The van der Waals surface area contributed by atoms with Gasteiger partial charge in [0.1, 0.15) is 0 Å². The molecule has 0 atom stereocenters. The number of allylic oxidation sites excluding steroid dienone is 1. The van der Waals surface area contributed by atoms with Gasteiger partial charge < -0.3 is 4.74 Å². The van der Waals surface area contributed by atoms with Gasteiger partial charge in [-0.15, -0.1) is 0 Å². The van der Waals surface area contributed by atoms with Crippen molar-refractivity contribution in [2.24, 2.45) is 0 Å². The molecule has 0 spiro atoms. The van der Waals surface area contributed by atoms with Crippen LogP contribution in [-0.4, -0.2) is 13.1 Å². The molecule has 0 aromatic carbocycles. The summed E-state index contributed by atoms with van der Waals surface area (Å²) in [5, 5.41) is 0. The molecule has 0 radical (unpaired) electrons. The third-order valence-corrected chi connectivity index (χ3v) is 0.940. The van der Waals surface area contributed by atoms with E-state index in [1.165, 1.54) is 7.11 Å². The van der Waals surface area contributed by atoms with Crippen LogP contribution in [0.1, 0.15) is 27.7 Å². The second-order valence-corrected chi connectivity index (χ2v) is 1.46. The topological polar surface area (TPSA) is 26.3 Å². The summed E-state index contributed by atoms with van der Waals surface area (Å²) >= 11 is 0. The highest BCUT2D eigenvalue weighted by molar-refractivity contribution is 5.87. The first-order valence-electron chi connectivity index (χ1n) is 3.43. The number of esters is 1. The van der Waals surface area contributed by atoms with Crippen LogP contribution in [0.2, 0.25) is 0 Å². The Bertz CT molecular complexity index is 114. The van der Waals surface area contributed by atoms with Crippen molar-refractivity contribution >= 4 is 5.97 Å². The zero-order valence-corrected chi connectivity index (χ0v) is 7.39. The number of carbonyl (C=O) groups is 1. The van der Waals surface area contributed by atoms with Crippen molar-refractivity contribution < 1.29 is 9.53 Å². The maximum Gasteiger partial charge on any atom is 0.333 e. The highest BCUT2D eigenvalue weighted by Gasteiger charge is 1.98. The van der Waals surface area contributed by atoms with E-state index in [0.29, 0.717) is 5.57 Å². The predicted molar refractivity (Wildman–Crippen MR) is 42.8 cm³/mol. The maximum atomic E-state index is 10.5. The van der Waals surface area contributed by atoms with Crippen LogP contribution in [0.3, 0.4) is 0 Å². The number of methoxy groups -OCH3 is 1. The van der Waals surface area contributed by atoms with E-state index in [0.717, 1.165) is 0 Å². The summed E-state index contributed by atoms with van der Waals surface area (Å²) in [6.07, 6.45) is 1.71. The summed E-state index contributed by atoms with van der Waals surface area (Å²) in [4.78, 5) is 10.5. The van der Waals surface area contributed by atoms with E-state index in [9.17, 15) is 4.79 Å². The summed E-state index contributed by atoms with van der Waals surface area (Å²) in [5.41, 5.74) is 0.646. The van der Waals surface area contributed by atoms with Crippen LogP contribution in [0.5, 0.6) is 0 Å². The van der Waals surface area contributed by atoms with Crippen LogP contribution in [-0.2, 0) is 9.53 Å². The van der Waals surface area contributed by atoms with Crippen molar-refractivity contribution in [2.45, 2.75) is 27.7 Å². The second kappa shape index (κ2) is 8.21. The van der Waals surface area contributed by atoms with Crippen molar-refractivity contribution in [3.63, 3.8) is 0 Å². The minimum Gasteiger partial charge on any atom is -0.466 e. The van der Waals surface area contributed by atoms with Crippen molar-refractivity contribution in [1.29, 1.82) is 0 Å². The number of carbonyl (C=O) groups excluding carboxylic acids is 1. The van der Waals surface area contributed by atoms with Gasteiger partial charge in [0, 0.05) is 5.57 Å². The quantitative estimate of drug-likeness (QED) is 0.416. The lowest BCUT2D eigenvalue weighted by Crippen LogP contribution is -2.00. The summed E-state index contributed by atoms with van der Waals surface area (Å²) in [6.45, 7) is 7.51. The lowest BCUT2D eigenvalue weighted by Gasteiger charge is -1.93. The Kier molecular flexibility index (Phi) is 9.80. The lowest BCUT2D eigenvalue weighted by molar-refractivity contribution is -0.136. The van der Waals surface area contributed by atoms with Gasteiger partial charge in [-0.25, -0.2) is 4.79 Å². The van der Waals surface area contributed by atoms with Crippen LogP contribution in [0.4, 0.5) is 0 Å². The van der Waals surface area contributed by atoms with Crippen LogP contribution in [0, 0.1) is 0 Å². The van der Waals surface area contributed by atoms with Crippen LogP contribution < -0.4 is 0 Å². The highest BCUT2D eigenvalue weighted by Crippen LogP contribution is 1.92. The minimum absolute atomic E-state index is 0.257. The van der Waals surface area contributed by atoms with E-state index in [-0.39, 0.29) is 5.97 Å². The van der Waals surface area contributed by atoms with E-state index >= 15 is 0 Å². The second-order valence-electron chi connectivity index (χ2n) is 1.46. The molecule has 0 aromatic rings. The van der Waals surface area contributed by atoms with Gasteiger partial charge in [-0.2, -0.15) is 0 Å². The Balaban J connectivity index is 0. The fourth-order valence-corrected chi connectivity index (χ4v) is 0.279. The number of hydrogen-bond donors (Lipinski definition) is 0. The Morgan fingerprint density at radius 2 is 1.80 bits per heavy atom. The maximum absolute atomic E-state index is 10.5. The number of rotatable bonds is 1. The van der Waals surface area contributed by atoms with Crippen LogP contribution in [0.25, 0.3) is 0 Å². The molecule has 0 saturated carbocycles. The SMILES string of the molecule is C/C=C(/C)C(=O)OC.CC. The summed E-state index contributed by atoms with van der Waals surface area (Å²) in [7, 11) is 1.37. The fraction of sp³-hybridized carbons (Fsp3) is 0.625. The molecule has 60 valence electrons. The van der Waals surface area contributed by atoms with E-state index in [4.69, 9.17) is 0 Å². The minimum atomic E-state index is -0.257. The van der Waals surface area contributed by atoms with Gasteiger partial charge in [0.15, 0.2) is 0 Å². The normalized spacial score (nSPS) is 9.50. The first-order valence-corrected chi connectivity index (χ1v) is 3.43. The molecular weight excluding hydrogens is 128 g/mol. The van der Waals surface area contributed by atoms with Crippen LogP contribution in [0.15, 0.2) is 11.6 Å². The van der Waals surface area contributed by atoms with Gasteiger partial charge in [0.25, 0.3) is 0 Å². The van der Waals surface area contributed by atoms with Gasteiger partial charge in [-0.3, -0.25) is 0 Å². The standard InChI is InChI=1S/C6H10O2.C2H6/c1-4-5(2)6(7)8-3;1-2/h4H,1-3H3;1-2H3/b5-4-;. The average molecular weight is 144 g/mol. The molecule has 0 amide bonds. The van der Waals surface area contributed by atoms with Gasteiger partial charge in [-0.05, 0) is 13.8 Å². The molecular formula is C8H16O2. The molecule has 0 saturated heterocycles. The van der Waals surface area contributed by atoms with Crippen molar-refractivity contribution in [3.05, 3.63) is 11.6 Å². The predicted octanol–water partition coefficient (Wildman–Crippen LogP) is 2.15. The molecule has 0 heterocycles. The van der Waals surface area contributed by atoms with E-state index < -0.39 is 0 Å². The smallest absolute Gasteiger partial charge is 0.333 e. The number of ether oxygens (including phenoxy) is 1. The molecule has 0 N–H and O–H groups in total. The first-order chi connectivity index (χ1) is 4.72. The molecule has 0 bridgehead atoms. The summed E-state index contributed by atoms with van der Waals surface area (Å²) < 4.78 is 4.40. The van der Waals surface area contributed by atoms with E-state index in [1.807, 2.05) is 13.8 Å². The molecule has 2 nitrogen and oxygen atoms in total. The largest absolute Gasteiger partial charge is 0.466 e. The zero-order valence-electron chi connectivity index (χ0n) is 7.39. The van der Waals surface area contributed by atoms with E-state index in [2.05, 4.69) is 4.74 Å². The molecule has 0 fully saturated rings. The fourth-order valence-electron chi connectivity index (χ4n) is 0.279. The molecule has 0 aliphatic rings. The lowest BCUT2D eigenvalue weighted by atomic mass is 10.3. The molecule has 0 aromatic heterocycles. The molecule has 2 heteroatoms.